The fourth-order valence-corrected chi connectivity index (χ4v) is 2.65. The molecule has 1 fully saturated rings. The quantitative estimate of drug-likeness (QED) is 0.875. The van der Waals surface area contributed by atoms with Crippen LogP contribution in [0.2, 0.25) is 0 Å². The van der Waals surface area contributed by atoms with E-state index in [2.05, 4.69) is 10.2 Å². The van der Waals surface area contributed by atoms with Gasteiger partial charge < -0.3 is 14.8 Å². The second kappa shape index (κ2) is 8.60. The van der Waals surface area contributed by atoms with Crippen molar-refractivity contribution in [1.82, 2.24) is 4.90 Å². The summed E-state index contributed by atoms with van der Waals surface area (Å²) < 4.78 is 23.9. The van der Waals surface area contributed by atoms with Gasteiger partial charge in [-0.2, -0.15) is 0 Å². The molecule has 0 aromatic heterocycles. The van der Waals surface area contributed by atoms with E-state index in [0.29, 0.717) is 11.4 Å². The van der Waals surface area contributed by atoms with Crippen molar-refractivity contribution in [3.05, 3.63) is 59.9 Å². The van der Waals surface area contributed by atoms with Gasteiger partial charge in [-0.05, 0) is 30.3 Å². The summed E-state index contributed by atoms with van der Waals surface area (Å²) in [6.07, 6.45) is 0. The maximum atomic E-state index is 12.9. The standard InChI is InChI=1S/C19H21FN2O3/c20-16-5-7-17(8-6-16)21-19(23)14-25-18-4-2-1-3-15(18)13-22-9-11-24-12-10-22/h1-8H,9-14H2,(H,21,23). The van der Waals surface area contributed by atoms with Crippen molar-refractivity contribution >= 4 is 11.6 Å². The van der Waals surface area contributed by atoms with Crippen molar-refractivity contribution < 1.29 is 18.7 Å². The normalized spacial score (nSPS) is 14.9. The third kappa shape index (κ3) is 5.27. The molecular weight excluding hydrogens is 323 g/mol. The number of para-hydroxylation sites is 1. The lowest BCUT2D eigenvalue weighted by Crippen LogP contribution is -2.35. The van der Waals surface area contributed by atoms with Gasteiger partial charge >= 0.3 is 0 Å². The zero-order valence-corrected chi connectivity index (χ0v) is 13.9. The fraction of sp³-hybridized carbons (Fsp3) is 0.316. The highest BCUT2D eigenvalue weighted by atomic mass is 19.1. The van der Waals surface area contributed by atoms with Crippen LogP contribution in [-0.4, -0.2) is 43.7 Å². The monoisotopic (exact) mass is 344 g/mol. The number of ether oxygens (including phenoxy) is 2. The molecule has 0 radical (unpaired) electrons. The largest absolute Gasteiger partial charge is 0.483 e. The number of benzene rings is 2. The van der Waals surface area contributed by atoms with Crippen LogP contribution in [0.25, 0.3) is 0 Å². The second-order valence-electron chi connectivity index (χ2n) is 5.84. The molecule has 1 heterocycles. The van der Waals surface area contributed by atoms with E-state index in [1.807, 2.05) is 24.3 Å². The highest BCUT2D eigenvalue weighted by Gasteiger charge is 2.14. The molecule has 6 heteroatoms. The van der Waals surface area contributed by atoms with Crippen molar-refractivity contribution in [2.75, 3.05) is 38.2 Å². The zero-order valence-electron chi connectivity index (χ0n) is 13.9. The van der Waals surface area contributed by atoms with E-state index in [1.54, 1.807) is 0 Å². The molecule has 2 aromatic carbocycles. The molecule has 0 unspecified atom stereocenters. The Bertz CT molecular complexity index is 700. The number of nitrogens with one attached hydrogen (secondary N) is 1. The zero-order chi connectivity index (χ0) is 17.5. The minimum absolute atomic E-state index is 0.0997. The summed E-state index contributed by atoms with van der Waals surface area (Å²) in [7, 11) is 0. The van der Waals surface area contributed by atoms with Crippen molar-refractivity contribution in [2.45, 2.75) is 6.54 Å². The average molecular weight is 344 g/mol. The maximum absolute atomic E-state index is 12.9. The summed E-state index contributed by atoms with van der Waals surface area (Å²) in [5.41, 5.74) is 1.58. The van der Waals surface area contributed by atoms with E-state index >= 15 is 0 Å². The minimum Gasteiger partial charge on any atom is -0.483 e. The first-order chi connectivity index (χ1) is 12.2. The van der Waals surface area contributed by atoms with Gasteiger partial charge in [-0.15, -0.1) is 0 Å². The summed E-state index contributed by atoms with van der Waals surface area (Å²) in [4.78, 5) is 14.3. The molecule has 0 bridgehead atoms. The molecule has 25 heavy (non-hydrogen) atoms. The van der Waals surface area contributed by atoms with Crippen LogP contribution in [0.4, 0.5) is 10.1 Å². The Balaban J connectivity index is 1.55. The van der Waals surface area contributed by atoms with Crippen molar-refractivity contribution in [3.8, 4) is 5.75 Å². The average Bonchev–Trinajstić information content (AvgIpc) is 2.64. The molecule has 132 valence electrons. The van der Waals surface area contributed by atoms with E-state index in [9.17, 15) is 9.18 Å². The first kappa shape index (κ1) is 17.4. The van der Waals surface area contributed by atoms with Gasteiger partial charge in [0.15, 0.2) is 6.61 Å². The Labute approximate surface area is 146 Å². The molecule has 5 nitrogen and oxygen atoms in total. The van der Waals surface area contributed by atoms with Gasteiger partial charge in [0.2, 0.25) is 0 Å². The predicted molar refractivity (Wildman–Crippen MR) is 93.1 cm³/mol. The third-order valence-electron chi connectivity index (χ3n) is 3.96. The third-order valence-corrected chi connectivity index (χ3v) is 3.96. The van der Waals surface area contributed by atoms with Crippen LogP contribution in [0.15, 0.2) is 48.5 Å². The number of rotatable bonds is 6. The van der Waals surface area contributed by atoms with E-state index in [-0.39, 0.29) is 18.3 Å². The Kier molecular flexibility index (Phi) is 5.98. The van der Waals surface area contributed by atoms with Crippen molar-refractivity contribution in [1.29, 1.82) is 0 Å². The lowest BCUT2D eigenvalue weighted by molar-refractivity contribution is -0.118. The van der Waals surface area contributed by atoms with E-state index in [0.717, 1.165) is 38.4 Å². The molecule has 1 saturated heterocycles. The number of halogens is 1. The molecule has 0 saturated carbocycles. The fourth-order valence-electron chi connectivity index (χ4n) is 2.65. The smallest absolute Gasteiger partial charge is 0.262 e. The first-order valence-electron chi connectivity index (χ1n) is 8.27. The number of nitrogens with zero attached hydrogens (tertiary/aromatic N) is 1. The van der Waals surface area contributed by atoms with Gasteiger partial charge in [0.25, 0.3) is 5.91 Å². The number of amides is 1. The van der Waals surface area contributed by atoms with Gasteiger partial charge in [-0.3, -0.25) is 9.69 Å². The number of hydrogen-bond donors (Lipinski definition) is 1. The predicted octanol–water partition coefficient (Wildman–Crippen LogP) is 2.68. The van der Waals surface area contributed by atoms with Gasteiger partial charge in [0.1, 0.15) is 11.6 Å². The second-order valence-corrected chi connectivity index (χ2v) is 5.84. The van der Waals surface area contributed by atoms with E-state index < -0.39 is 0 Å². The van der Waals surface area contributed by atoms with Crippen LogP contribution in [0, 0.1) is 5.82 Å². The van der Waals surface area contributed by atoms with E-state index in [1.165, 1.54) is 24.3 Å². The summed E-state index contributed by atoms with van der Waals surface area (Å²) in [6.45, 7) is 3.92. The van der Waals surface area contributed by atoms with Gasteiger partial charge in [-0.25, -0.2) is 4.39 Å². The van der Waals surface area contributed by atoms with Gasteiger partial charge in [0.05, 0.1) is 13.2 Å². The molecular formula is C19H21FN2O3. The molecule has 1 N–H and O–H groups in total. The maximum Gasteiger partial charge on any atom is 0.262 e. The van der Waals surface area contributed by atoms with Crippen molar-refractivity contribution in [2.24, 2.45) is 0 Å². The van der Waals surface area contributed by atoms with Gasteiger partial charge in [0, 0.05) is 30.9 Å². The lowest BCUT2D eigenvalue weighted by atomic mass is 10.2. The number of carbonyl (C=O) groups is 1. The van der Waals surface area contributed by atoms with Crippen molar-refractivity contribution in [3.63, 3.8) is 0 Å². The van der Waals surface area contributed by atoms with Crippen LogP contribution in [0.5, 0.6) is 5.75 Å². The number of carbonyl (C=O) groups excluding carboxylic acids is 1. The molecule has 2 aromatic rings. The first-order valence-corrected chi connectivity index (χ1v) is 8.27. The topological polar surface area (TPSA) is 50.8 Å². The Morgan fingerprint density at radius 3 is 2.60 bits per heavy atom. The van der Waals surface area contributed by atoms with Crippen LogP contribution >= 0.6 is 0 Å². The molecule has 0 aliphatic carbocycles. The van der Waals surface area contributed by atoms with Crippen LogP contribution in [-0.2, 0) is 16.1 Å². The molecule has 0 spiro atoms. The molecule has 1 aliphatic rings. The van der Waals surface area contributed by atoms with Crippen LogP contribution < -0.4 is 10.1 Å². The summed E-state index contributed by atoms with van der Waals surface area (Å²) in [6, 6.07) is 13.3. The SMILES string of the molecule is O=C(COc1ccccc1CN1CCOCC1)Nc1ccc(F)cc1. The van der Waals surface area contributed by atoms with Gasteiger partial charge in [-0.1, -0.05) is 18.2 Å². The Morgan fingerprint density at radius 2 is 1.84 bits per heavy atom. The van der Waals surface area contributed by atoms with Crippen LogP contribution in [0.3, 0.4) is 0 Å². The van der Waals surface area contributed by atoms with E-state index in [4.69, 9.17) is 9.47 Å². The number of morpholine rings is 1. The highest BCUT2D eigenvalue weighted by Crippen LogP contribution is 2.20. The highest BCUT2D eigenvalue weighted by molar-refractivity contribution is 5.91. The molecule has 1 amide bonds. The van der Waals surface area contributed by atoms with Crippen LogP contribution in [0.1, 0.15) is 5.56 Å². The number of hydrogen-bond acceptors (Lipinski definition) is 4. The molecule has 1 aliphatic heterocycles. The lowest BCUT2D eigenvalue weighted by Gasteiger charge is -2.27. The Hall–Kier alpha value is -2.44. The summed E-state index contributed by atoms with van der Waals surface area (Å²) in [5, 5.41) is 2.68. The summed E-state index contributed by atoms with van der Waals surface area (Å²) >= 11 is 0. The molecule has 3 rings (SSSR count). The minimum atomic E-state index is -0.341. The molecule has 0 atom stereocenters. The number of anilines is 1. The summed E-state index contributed by atoms with van der Waals surface area (Å²) in [5.74, 6) is 0.0716. The Morgan fingerprint density at radius 1 is 1.12 bits per heavy atom.